The Bertz CT molecular complexity index is 1490. The predicted octanol–water partition coefficient (Wildman–Crippen LogP) is 5.47. The van der Waals surface area contributed by atoms with Crippen LogP contribution in [0.25, 0.3) is 33.3 Å². The lowest BCUT2D eigenvalue weighted by atomic mass is 10.0. The van der Waals surface area contributed by atoms with Crippen molar-refractivity contribution in [1.82, 2.24) is 29.9 Å². The molecule has 1 N–H and O–H groups in total. The smallest absolute Gasteiger partial charge is 0.131 e. The second-order valence-corrected chi connectivity index (χ2v) is 9.23. The molecular formula is C28H27FN6O. The van der Waals surface area contributed by atoms with Crippen molar-refractivity contribution in [3.05, 3.63) is 84.7 Å². The van der Waals surface area contributed by atoms with Gasteiger partial charge in [0, 0.05) is 53.8 Å². The molecule has 0 aliphatic carbocycles. The maximum absolute atomic E-state index is 14.5. The van der Waals surface area contributed by atoms with Crippen molar-refractivity contribution in [3.8, 4) is 28.1 Å². The van der Waals surface area contributed by atoms with Gasteiger partial charge in [-0.3, -0.25) is 19.7 Å². The Kier molecular flexibility index (Phi) is 5.95. The molecule has 1 atom stereocenters. The normalized spacial score (nSPS) is 16.4. The first-order valence-electron chi connectivity index (χ1n) is 12.2. The molecule has 182 valence electrons. The van der Waals surface area contributed by atoms with Crippen LogP contribution in [0.1, 0.15) is 24.4 Å². The van der Waals surface area contributed by atoms with Crippen LogP contribution in [0.5, 0.6) is 5.75 Å². The van der Waals surface area contributed by atoms with Crippen molar-refractivity contribution in [1.29, 1.82) is 0 Å². The van der Waals surface area contributed by atoms with Gasteiger partial charge in [-0.05, 0) is 61.3 Å². The highest BCUT2D eigenvalue weighted by Gasteiger charge is 2.24. The molecule has 0 amide bonds. The molecule has 3 aromatic heterocycles. The fraction of sp³-hybridized carbons (Fsp3) is 0.250. The lowest BCUT2D eigenvalue weighted by Gasteiger charge is -2.33. The van der Waals surface area contributed by atoms with Crippen molar-refractivity contribution in [3.63, 3.8) is 0 Å². The summed E-state index contributed by atoms with van der Waals surface area (Å²) in [6, 6.07) is 15.5. The van der Waals surface area contributed by atoms with Crippen LogP contribution < -0.4 is 4.74 Å². The van der Waals surface area contributed by atoms with Crippen molar-refractivity contribution in [2.45, 2.75) is 25.4 Å². The Labute approximate surface area is 208 Å². The molecule has 36 heavy (non-hydrogen) atoms. The molecule has 0 spiro atoms. The molecule has 4 heterocycles. The number of halogens is 1. The number of nitrogens with zero attached hydrogens (tertiary/aromatic N) is 5. The van der Waals surface area contributed by atoms with E-state index in [-0.39, 0.29) is 11.9 Å². The third kappa shape index (κ3) is 4.24. The first kappa shape index (κ1) is 22.4. The molecule has 7 nitrogen and oxygen atoms in total. The number of aromatic nitrogens is 5. The number of likely N-dealkylation sites (tertiary alicyclic amines) is 1. The molecule has 1 aliphatic rings. The summed E-state index contributed by atoms with van der Waals surface area (Å²) in [6.45, 7) is 2.26. The van der Waals surface area contributed by atoms with Crippen LogP contribution in [-0.2, 0) is 6.54 Å². The van der Waals surface area contributed by atoms with Gasteiger partial charge in [0.2, 0.25) is 0 Å². The van der Waals surface area contributed by atoms with Gasteiger partial charge in [0.05, 0.1) is 24.9 Å². The van der Waals surface area contributed by atoms with Crippen molar-refractivity contribution in [2.75, 3.05) is 20.2 Å². The highest BCUT2D eigenvalue weighted by Crippen LogP contribution is 2.32. The van der Waals surface area contributed by atoms with Gasteiger partial charge in [0.25, 0.3) is 0 Å². The summed E-state index contributed by atoms with van der Waals surface area (Å²) in [5.41, 5.74) is 5.69. The molecule has 0 saturated carbocycles. The van der Waals surface area contributed by atoms with Gasteiger partial charge in [-0.25, -0.2) is 4.39 Å². The van der Waals surface area contributed by atoms with E-state index in [0.717, 1.165) is 59.2 Å². The monoisotopic (exact) mass is 482 g/mol. The maximum Gasteiger partial charge on any atom is 0.131 e. The molecule has 0 bridgehead atoms. The molecular weight excluding hydrogens is 455 g/mol. The summed E-state index contributed by atoms with van der Waals surface area (Å²) < 4.78 is 22.0. The molecule has 6 rings (SSSR count). The number of methoxy groups -OCH3 is 1. The Balaban J connectivity index is 1.23. The zero-order valence-electron chi connectivity index (χ0n) is 20.1. The number of fused-ring (bicyclic) bond motifs is 1. The molecule has 5 aromatic rings. The molecule has 0 unspecified atom stereocenters. The summed E-state index contributed by atoms with van der Waals surface area (Å²) in [5, 5.41) is 13.4. The van der Waals surface area contributed by atoms with E-state index >= 15 is 0 Å². The standard InChI is InChI=1S/C28H27FN6O/c1-36-27-6-2-5-25(29)24(27)18-34-13-3-4-22(17-34)35-16-21(15-31-35)20-7-8-26-23(14-20)28(33-32-26)19-9-11-30-12-10-19/h2,5-12,14-16,22H,3-4,13,17-18H2,1H3,(H,32,33)/t22-/m1/s1. The largest absolute Gasteiger partial charge is 0.496 e. The van der Waals surface area contributed by atoms with Gasteiger partial charge in [-0.1, -0.05) is 12.1 Å². The number of pyridine rings is 1. The summed E-state index contributed by atoms with van der Waals surface area (Å²) >= 11 is 0. The third-order valence-electron chi connectivity index (χ3n) is 6.98. The fourth-order valence-corrected chi connectivity index (χ4v) is 5.11. The number of H-pyrrole nitrogens is 1. The van der Waals surface area contributed by atoms with E-state index in [4.69, 9.17) is 9.84 Å². The van der Waals surface area contributed by atoms with E-state index in [2.05, 4.69) is 49.2 Å². The highest BCUT2D eigenvalue weighted by molar-refractivity contribution is 5.95. The van der Waals surface area contributed by atoms with Gasteiger partial charge in [0.1, 0.15) is 17.3 Å². The second kappa shape index (κ2) is 9.54. The lowest BCUT2D eigenvalue weighted by Crippen LogP contribution is -2.36. The number of hydrogen-bond donors (Lipinski definition) is 1. The average molecular weight is 483 g/mol. The van der Waals surface area contributed by atoms with Crippen LogP contribution in [-0.4, -0.2) is 50.1 Å². The van der Waals surface area contributed by atoms with Crippen LogP contribution >= 0.6 is 0 Å². The SMILES string of the molecule is COc1cccc(F)c1CN1CCC[C@@H](n2cc(-c3ccc4[nH]nc(-c5ccncc5)c4c3)cn2)C1. The molecule has 1 aliphatic heterocycles. The third-order valence-corrected chi connectivity index (χ3v) is 6.98. The van der Waals surface area contributed by atoms with Crippen LogP contribution in [0.15, 0.2) is 73.3 Å². The number of hydrogen-bond acceptors (Lipinski definition) is 5. The zero-order valence-corrected chi connectivity index (χ0v) is 20.1. The quantitative estimate of drug-likeness (QED) is 0.347. The van der Waals surface area contributed by atoms with Gasteiger partial charge >= 0.3 is 0 Å². The highest BCUT2D eigenvalue weighted by atomic mass is 19.1. The first-order chi connectivity index (χ1) is 17.7. The zero-order chi connectivity index (χ0) is 24.5. The van der Waals surface area contributed by atoms with E-state index in [1.54, 1.807) is 25.6 Å². The van der Waals surface area contributed by atoms with E-state index < -0.39 is 0 Å². The average Bonchev–Trinajstić information content (AvgIpc) is 3.58. The van der Waals surface area contributed by atoms with E-state index in [9.17, 15) is 4.39 Å². The number of rotatable bonds is 6. The summed E-state index contributed by atoms with van der Waals surface area (Å²) in [4.78, 5) is 6.40. The van der Waals surface area contributed by atoms with Crippen molar-refractivity contribution in [2.24, 2.45) is 0 Å². The van der Waals surface area contributed by atoms with E-state index in [1.807, 2.05) is 24.4 Å². The molecule has 8 heteroatoms. The second-order valence-electron chi connectivity index (χ2n) is 9.23. The van der Waals surface area contributed by atoms with Gasteiger partial charge in [-0.15, -0.1) is 0 Å². The lowest BCUT2D eigenvalue weighted by molar-refractivity contribution is 0.160. The Morgan fingerprint density at radius 2 is 1.97 bits per heavy atom. The predicted molar refractivity (Wildman–Crippen MR) is 137 cm³/mol. The Morgan fingerprint density at radius 3 is 2.83 bits per heavy atom. The molecule has 1 saturated heterocycles. The summed E-state index contributed by atoms with van der Waals surface area (Å²) in [6.07, 6.45) is 9.67. The Morgan fingerprint density at radius 1 is 1.08 bits per heavy atom. The van der Waals surface area contributed by atoms with Gasteiger partial charge in [0.15, 0.2) is 0 Å². The van der Waals surface area contributed by atoms with Crippen molar-refractivity contribution < 1.29 is 9.13 Å². The number of piperidine rings is 1. The maximum atomic E-state index is 14.5. The minimum atomic E-state index is -0.223. The van der Waals surface area contributed by atoms with E-state index in [1.165, 1.54) is 6.07 Å². The van der Waals surface area contributed by atoms with Crippen molar-refractivity contribution >= 4 is 10.9 Å². The number of benzene rings is 2. The van der Waals surface area contributed by atoms with Gasteiger partial charge in [-0.2, -0.15) is 10.2 Å². The van der Waals surface area contributed by atoms with Crippen LogP contribution in [0.4, 0.5) is 4.39 Å². The first-order valence-corrected chi connectivity index (χ1v) is 12.2. The minimum absolute atomic E-state index is 0.223. The van der Waals surface area contributed by atoms with E-state index in [0.29, 0.717) is 17.9 Å². The minimum Gasteiger partial charge on any atom is -0.496 e. The van der Waals surface area contributed by atoms with Gasteiger partial charge < -0.3 is 4.74 Å². The molecule has 1 fully saturated rings. The number of ether oxygens (including phenoxy) is 1. The van der Waals surface area contributed by atoms with Crippen LogP contribution in [0, 0.1) is 5.82 Å². The Hall–Kier alpha value is -4.04. The fourth-order valence-electron chi connectivity index (χ4n) is 5.11. The summed E-state index contributed by atoms with van der Waals surface area (Å²) in [7, 11) is 1.59. The summed E-state index contributed by atoms with van der Waals surface area (Å²) in [5.74, 6) is 0.373. The van der Waals surface area contributed by atoms with Crippen LogP contribution in [0.2, 0.25) is 0 Å². The number of aromatic amines is 1. The molecule has 0 radical (unpaired) electrons. The number of nitrogens with one attached hydrogen (secondary N) is 1. The molecule has 2 aromatic carbocycles. The topological polar surface area (TPSA) is 71.9 Å². The van der Waals surface area contributed by atoms with Crippen LogP contribution in [0.3, 0.4) is 0 Å².